The van der Waals surface area contributed by atoms with Gasteiger partial charge in [-0.2, -0.15) is 13.2 Å². The standard InChI is InChI=1S/C22H20F3O4S3/c1-15-10-16(22(23,24)25)12-19(11-15)30(17-6-4-8-20(13-17)31(2,26)27)18-7-5-9-21(14-18)32(3,28)29/h4-14H,1-3H3/q+1. The quantitative estimate of drug-likeness (QED) is 0.466. The van der Waals surface area contributed by atoms with Crippen molar-refractivity contribution in [2.45, 2.75) is 37.6 Å². The van der Waals surface area contributed by atoms with Crippen molar-refractivity contribution in [2.75, 3.05) is 12.5 Å². The molecule has 170 valence electrons. The van der Waals surface area contributed by atoms with Crippen molar-refractivity contribution >= 4 is 30.6 Å². The maximum Gasteiger partial charge on any atom is 0.416 e. The van der Waals surface area contributed by atoms with Gasteiger partial charge in [0, 0.05) is 30.7 Å². The highest BCUT2D eigenvalue weighted by atomic mass is 32.2. The molecule has 0 N–H and O–H groups in total. The number of hydrogen-bond donors (Lipinski definition) is 0. The molecule has 0 unspecified atom stereocenters. The summed E-state index contributed by atoms with van der Waals surface area (Å²) >= 11 is 0. The Morgan fingerprint density at radius 3 is 1.56 bits per heavy atom. The van der Waals surface area contributed by atoms with E-state index in [1.807, 2.05) is 0 Å². The molecule has 10 heteroatoms. The SMILES string of the molecule is Cc1cc([S+](c2cccc(S(C)(=O)=O)c2)c2cccc(S(C)(=O)=O)c2)cc(C(F)(F)F)c1. The molecule has 0 saturated carbocycles. The average Bonchev–Trinajstić information content (AvgIpc) is 2.66. The second kappa shape index (κ2) is 8.57. The molecular formula is C22H20F3O4S3+. The molecule has 0 heterocycles. The van der Waals surface area contributed by atoms with Gasteiger partial charge in [0.15, 0.2) is 34.4 Å². The maximum atomic E-state index is 13.5. The molecule has 0 saturated heterocycles. The fraction of sp³-hybridized carbons (Fsp3) is 0.182. The summed E-state index contributed by atoms with van der Waals surface area (Å²) in [6.07, 6.45) is -2.48. The van der Waals surface area contributed by atoms with E-state index in [1.165, 1.54) is 36.4 Å². The molecule has 0 aromatic heterocycles. The Bertz CT molecular complexity index is 1300. The van der Waals surface area contributed by atoms with Crippen LogP contribution in [0.5, 0.6) is 0 Å². The molecular weight excluding hydrogens is 481 g/mol. The van der Waals surface area contributed by atoms with Gasteiger partial charge < -0.3 is 0 Å². The zero-order chi connectivity index (χ0) is 23.9. The van der Waals surface area contributed by atoms with E-state index >= 15 is 0 Å². The number of sulfone groups is 2. The molecule has 0 atom stereocenters. The molecule has 0 aliphatic carbocycles. The molecule has 3 rings (SSSR count). The molecule has 3 aromatic carbocycles. The monoisotopic (exact) mass is 501 g/mol. The van der Waals surface area contributed by atoms with E-state index < -0.39 is 42.3 Å². The summed E-state index contributed by atoms with van der Waals surface area (Å²) in [6.45, 7) is 1.54. The van der Waals surface area contributed by atoms with Crippen molar-refractivity contribution < 1.29 is 30.0 Å². The van der Waals surface area contributed by atoms with E-state index in [2.05, 4.69) is 0 Å². The van der Waals surface area contributed by atoms with Gasteiger partial charge in [-0.1, -0.05) is 12.1 Å². The van der Waals surface area contributed by atoms with Crippen molar-refractivity contribution in [1.82, 2.24) is 0 Å². The first kappa shape index (κ1) is 24.3. The fourth-order valence-electron chi connectivity index (χ4n) is 3.10. The highest BCUT2D eigenvalue weighted by Crippen LogP contribution is 2.37. The topological polar surface area (TPSA) is 68.3 Å². The van der Waals surface area contributed by atoms with E-state index in [1.54, 1.807) is 25.1 Å². The summed E-state index contributed by atoms with van der Waals surface area (Å²) < 4.78 is 88.8. The number of halogens is 3. The van der Waals surface area contributed by atoms with Gasteiger partial charge in [0.05, 0.1) is 26.2 Å². The van der Waals surface area contributed by atoms with Gasteiger partial charge in [-0.15, -0.1) is 0 Å². The van der Waals surface area contributed by atoms with Crippen LogP contribution >= 0.6 is 0 Å². The number of rotatable bonds is 5. The molecule has 0 aliphatic heterocycles. The minimum absolute atomic E-state index is 0.0236. The van der Waals surface area contributed by atoms with Crippen LogP contribution in [0.3, 0.4) is 0 Å². The van der Waals surface area contributed by atoms with E-state index in [4.69, 9.17) is 0 Å². The third kappa shape index (κ3) is 5.54. The summed E-state index contributed by atoms with van der Waals surface area (Å²) in [6, 6.07) is 15.6. The van der Waals surface area contributed by atoms with Crippen molar-refractivity contribution in [3.8, 4) is 0 Å². The lowest BCUT2D eigenvalue weighted by Crippen LogP contribution is -2.11. The number of alkyl halides is 3. The van der Waals surface area contributed by atoms with Crippen LogP contribution in [-0.4, -0.2) is 29.3 Å². The molecule has 0 fully saturated rings. The average molecular weight is 502 g/mol. The van der Waals surface area contributed by atoms with Crippen LogP contribution in [0.25, 0.3) is 0 Å². The molecule has 4 nitrogen and oxygen atoms in total. The van der Waals surface area contributed by atoms with Crippen LogP contribution < -0.4 is 0 Å². The largest absolute Gasteiger partial charge is 0.416 e. The van der Waals surface area contributed by atoms with Crippen molar-refractivity contribution in [3.63, 3.8) is 0 Å². The second-order valence-electron chi connectivity index (χ2n) is 7.33. The normalized spacial score (nSPS) is 12.8. The first-order valence-electron chi connectivity index (χ1n) is 9.20. The Morgan fingerprint density at radius 1 is 0.688 bits per heavy atom. The lowest BCUT2D eigenvalue weighted by atomic mass is 10.1. The minimum Gasteiger partial charge on any atom is -0.224 e. The van der Waals surface area contributed by atoms with Gasteiger partial charge in [-0.3, -0.25) is 0 Å². The van der Waals surface area contributed by atoms with E-state index in [-0.39, 0.29) is 9.79 Å². The van der Waals surface area contributed by atoms with E-state index in [9.17, 15) is 30.0 Å². The smallest absolute Gasteiger partial charge is 0.224 e. The minimum atomic E-state index is -4.57. The van der Waals surface area contributed by atoms with Gasteiger partial charge in [0.1, 0.15) is 0 Å². The Morgan fingerprint density at radius 2 is 1.16 bits per heavy atom. The molecule has 0 bridgehead atoms. The second-order valence-corrected chi connectivity index (χ2v) is 13.4. The van der Waals surface area contributed by atoms with Crippen LogP contribution in [0, 0.1) is 6.92 Å². The summed E-state index contributed by atoms with van der Waals surface area (Å²) in [5, 5.41) is 0. The summed E-state index contributed by atoms with van der Waals surface area (Å²) in [5.74, 6) is 0. The number of benzene rings is 3. The van der Waals surface area contributed by atoms with E-state index in [0.717, 1.165) is 24.6 Å². The summed E-state index contributed by atoms with van der Waals surface area (Å²) in [4.78, 5) is 1.26. The summed E-state index contributed by atoms with van der Waals surface area (Å²) in [5.41, 5.74) is -0.450. The fourth-order valence-corrected chi connectivity index (χ4v) is 6.87. The van der Waals surface area contributed by atoms with Crippen molar-refractivity contribution in [3.05, 3.63) is 77.9 Å². The van der Waals surface area contributed by atoms with E-state index in [0.29, 0.717) is 20.2 Å². The Labute approximate surface area is 188 Å². The van der Waals surface area contributed by atoms with Crippen molar-refractivity contribution in [1.29, 1.82) is 0 Å². The van der Waals surface area contributed by atoms with Crippen molar-refractivity contribution in [2.24, 2.45) is 0 Å². The first-order valence-corrected chi connectivity index (χ1v) is 14.2. The highest BCUT2D eigenvalue weighted by molar-refractivity contribution is 7.97. The number of aryl methyl sites for hydroxylation is 1. The lowest BCUT2D eigenvalue weighted by molar-refractivity contribution is -0.137. The third-order valence-corrected chi connectivity index (χ3v) is 8.93. The van der Waals surface area contributed by atoms with Crippen LogP contribution in [0.2, 0.25) is 0 Å². The van der Waals surface area contributed by atoms with Gasteiger partial charge in [-0.25, -0.2) is 16.8 Å². The zero-order valence-electron chi connectivity index (χ0n) is 17.3. The molecule has 0 amide bonds. The number of hydrogen-bond acceptors (Lipinski definition) is 4. The lowest BCUT2D eigenvalue weighted by Gasteiger charge is -2.13. The third-order valence-electron chi connectivity index (χ3n) is 4.55. The predicted octanol–water partition coefficient (Wildman–Crippen LogP) is 4.92. The molecule has 0 radical (unpaired) electrons. The molecule has 0 spiro atoms. The Hall–Kier alpha value is -2.30. The van der Waals surface area contributed by atoms with Gasteiger partial charge in [0.2, 0.25) is 0 Å². The van der Waals surface area contributed by atoms with Gasteiger partial charge in [0.25, 0.3) is 0 Å². The molecule has 32 heavy (non-hydrogen) atoms. The maximum absolute atomic E-state index is 13.5. The van der Waals surface area contributed by atoms with Gasteiger partial charge in [-0.05, 0) is 48.9 Å². The molecule has 0 aliphatic rings. The van der Waals surface area contributed by atoms with Crippen LogP contribution in [0.4, 0.5) is 13.2 Å². The zero-order valence-corrected chi connectivity index (χ0v) is 19.8. The first-order chi connectivity index (χ1) is 14.7. The Kier molecular flexibility index (Phi) is 6.52. The Balaban J connectivity index is 2.33. The van der Waals surface area contributed by atoms with Crippen LogP contribution in [-0.2, 0) is 36.7 Å². The van der Waals surface area contributed by atoms with Crippen LogP contribution in [0.1, 0.15) is 11.1 Å². The highest BCUT2D eigenvalue weighted by Gasteiger charge is 2.36. The summed E-state index contributed by atoms with van der Waals surface area (Å²) in [7, 11) is -8.32. The molecule has 3 aromatic rings. The predicted molar refractivity (Wildman–Crippen MR) is 117 cm³/mol. The van der Waals surface area contributed by atoms with Gasteiger partial charge >= 0.3 is 6.18 Å². The van der Waals surface area contributed by atoms with Crippen LogP contribution in [0.15, 0.2) is 91.2 Å².